The summed E-state index contributed by atoms with van der Waals surface area (Å²) in [7, 11) is 3.29. The molecule has 1 saturated heterocycles. The SMILES string of the molecule is COc1ccc(OC)c(C(NN)C2OCCC2C)c1. The second-order valence-electron chi connectivity index (χ2n) is 4.85. The lowest BCUT2D eigenvalue weighted by Crippen LogP contribution is -2.39. The molecule has 5 heteroatoms. The van der Waals surface area contributed by atoms with Gasteiger partial charge >= 0.3 is 0 Å². The number of benzene rings is 1. The van der Waals surface area contributed by atoms with Crippen molar-refractivity contribution in [1.82, 2.24) is 5.43 Å². The molecule has 0 aliphatic carbocycles. The summed E-state index contributed by atoms with van der Waals surface area (Å²) in [5.74, 6) is 7.75. The summed E-state index contributed by atoms with van der Waals surface area (Å²) >= 11 is 0. The highest BCUT2D eigenvalue weighted by atomic mass is 16.5. The maximum atomic E-state index is 5.81. The summed E-state index contributed by atoms with van der Waals surface area (Å²) in [5.41, 5.74) is 3.82. The third-order valence-electron chi connectivity index (χ3n) is 3.72. The van der Waals surface area contributed by atoms with Crippen molar-refractivity contribution < 1.29 is 14.2 Å². The number of rotatable bonds is 5. The minimum atomic E-state index is -0.109. The molecule has 0 aromatic heterocycles. The van der Waals surface area contributed by atoms with E-state index in [1.165, 1.54) is 0 Å². The van der Waals surface area contributed by atoms with E-state index in [-0.39, 0.29) is 12.1 Å². The van der Waals surface area contributed by atoms with Crippen LogP contribution < -0.4 is 20.7 Å². The molecule has 19 heavy (non-hydrogen) atoms. The van der Waals surface area contributed by atoms with E-state index in [9.17, 15) is 0 Å². The van der Waals surface area contributed by atoms with Crippen molar-refractivity contribution >= 4 is 0 Å². The Bertz CT molecular complexity index is 425. The number of nitrogens with two attached hydrogens (primary N) is 1. The molecule has 0 radical (unpaired) electrons. The zero-order chi connectivity index (χ0) is 13.8. The second-order valence-corrected chi connectivity index (χ2v) is 4.85. The topological polar surface area (TPSA) is 65.7 Å². The maximum Gasteiger partial charge on any atom is 0.124 e. The van der Waals surface area contributed by atoms with E-state index in [2.05, 4.69) is 12.3 Å². The molecule has 0 amide bonds. The van der Waals surface area contributed by atoms with Gasteiger partial charge in [-0.2, -0.15) is 0 Å². The summed E-state index contributed by atoms with van der Waals surface area (Å²) in [6, 6.07) is 5.59. The molecule has 1 aliphatic rings. The Morgan fingerprint density at radius 2 is 2.16 bits per heavy atom. The van der Waals surface area contributed by atoms with Crippen LogP contribution in [-0.2, 0) is 4.74 Å². The van der Waals surface area contributed by atoms with Gasteiger partial charge in [0.05, 0.1) is 26.4 Å². The van der Waals surface area contributed by atoms with Crippen molar-refractivity contribution in [2.75, 3.05) is 20.8 Å². The van der Waals surface area contributed by atoms with E-state index < -0.39 is 0 Å². The molecular formula is C14H22N2O3. The second kappa shape index (κ2) is 6.23. The van der Waals surface area contributed by atoms with E-state index in [1.807, 2.05) is 18.2 Å². The Morgan fingerprint density at radius 3 is 2.68 bits per heavy atom. The highest BCUT2D eigenvalue weighted by Gasteiger charge is 2.34. The number of nitrogens with one attached hydrogen (secondary N) is 1. The van der Waals surface area contributed by atoms with Crippen LogP contribution in [0.2, 0.25) is 0 Å². The van der Waals surface area contributed by atoms with Gasteiger partial charge in [-0.15, -0.1) is 0 Å². The molecule has 5 nitrogen and oxygen atoms in total. The highest BCUT2D eigenvalue weighted by Crippen LogP contribution is 2.36. The molecule has 3 unspecified atom stereocenters. The fraction of sp³-hybridized carbons (Fsp3) is 0.571. The smallest absolute Gasteiger partial charge is 0.124 e. The molecule has 1 aliphatic heterocycles. The average molecular weight is 266 g/mol. The van der Waals surface area contributed by atoms with Crippen LogP contribution in [0.1, 0.15) is 24.9 Å². The van der Waals surface area contributed by atoms with Crippen LogP contribution in [0.4, 0.5) is 0 Å². The third-order valence-corrected chi connectivity index (χ3v) is 3.72. The third kappa shape index (κ3) is 2.83. The number of hydrazine groups is 1. The standard InChI is InChI=1S/C14H22N2O3/c1-9-6-7-19-14(9)13(16-15)11-8-10(17-2)4-5-12(11)18-3/h4-5,8-9,13-14,16H,6-7,15H2,1-3H3. The molecule has 2 rings (SSSR count). The van der Waals surface area contributed by atoms with E-state index in [1.54, 1.807) is 14.2 Å². The first-order valence-electron chi connectivity index (χ1n) is 6.51. The van der Waals surface area contributed by atoms with Crippen molar-refractivity contribution in [2.45, 2.75) is 25.5 Å². The van der Waals surface area contributed by atoms with E-state index in [0.29, 0.717) is 5.92 Å². The summed E-state index contributed by atoms with van der Waals surface area (Å²) in [4.78, 5) is 0. The van der Waals surface area contributed by atoms with Gasteiger partial charge in [-0.05, 0) is 30.5 Å². The lowest BCUT2D eigenvalue weighted by atomic mass is 9.92. The quantitative estimate of drug-likeness (QED) is 0.626. The summed E-state index contributed by atoms with van der Waals surface area (Å²) in [5, 5.41) is 0. The first-order chi connectivity index (χ1) is 9.21. The summed E-state index contributed by atoms with van der Waals surface area (Å²) in [6.07, 6.45) is 1.10. The predicted molar refractivity (Wildman–Crippen MR) is 73.1 cm³/mol. The molecule has 1 heterocycles. The van der Waals surface area contributed by atoms with Crippen LogP contribution >= 0.6 is 0 Å². The van der Waals surface area contributed by atoms with Gasteiger partial charge in [0.15, 0.2) is 0 Å². The fourth-order valence-corrected chi connectivity index (χ4v) is 2.59. The van der Waals surface area contributed by atoms with Crippen molar-refractivity contribution in [3.63, 3.8) is 0 Å². The fourth-order valence-electron chi connectivity index (χ4n) is 2.59. The van der Waals surface area contributed by atoms with Gasteiger partial charge < -0.3 is 14.2 Å². The molecular weight excluding hydrogens is 244 g/mol. The van der Waals surface area contributed by atoms with Crippen LogP contribution in [0.25, 0.3) is 0 Å². The minimum absolute atomic E-state index is 0.0472. The van der Waals surface area contributed by atoms with Crippen LogP contribution in [0.3, 0.4) is 0 Å². The largest absolute Gasteiger partial charge is 0.497 e. The van der Waals surface area contributed by atoms with Crippen molar-refractivity contribution in [1.29, 1.82) is 0 Å². The van der Waals surface area contributed by atoms with Gasteiger partial charge in [0, 0.05) is 12.2 Å². The lowest BCUT2D eigenvalue weighted by Gasteiger charge is -2.27. The lowest BCUT2D eigenvalue weighted by molar-refractivity contribution is 0.0599. The Hall–Kier alpha value is -1.30. The van der Waals surface area contributed by atoms with E-state index in [0.717, 1.165) is 30.1 Å². The van der Waals surface area contributed by atoms with Crippen LogP contribution in [0.15, 0.2) is 18.2 Å². The van der Waals surface area contributed by atoms with Gasteiger partial charge in [-0.25, -0.2) is 0 Å². The van der Waals surface area contributed by atoms with Crippen molar-refractivity contribution in [3.8, 4) is 11.5 Å². The number of ether oxygens (including phenoxy) is 3. The Labute approximate surface area is 114 Å². The minimum Gasteiger partial charge on any atom is -0.497 e. The van der Waals surface area contributed by atoms with E-state index in [4.69, 9.17) is 20.1 Å². The first-order valence-corrected chi connectivity index (χ1v) is 6.51. The molecule has 1 aromatic carbocycles. The molecule has 1 aromatic rings. The predicted octanol–water partition coefficient (Wildman–Crippen LogP) is 1.63. The zero-order valence-corrected chi connectivity index (χ0v) is 11.7. The number of hydrogen-bond acceptors (Lipinski definition) is 5. The molecule has 3 atom stereocenters. The van der Waals surface area contributed by atoms with Crippen molar-refractivity contribution in [3.05, 3.63) is 23.8 Å². The van der Waals surface area contributed by atoms with Gasteiger partial charge in [0.25, 0.3) is 0 Å². The zero-order valence-electron chi connectivity index (χ0n) is 11.7. The summed E-state index contributed by atoms with van der Waals surface area (Å²) in [6.45, 7) is 2.95. The molecule has 0 bridgehead atoms. The Kier molecular flexibility index (Phi) is 4.63. The average Bonchev–Trinajstić information content (AvgIpc) is 2.86. The molecule has 0 saturated carbocycles. The van der Waals surface area contributed by atoms with Crippen LogP contribution in [0.5, 0.6) is 11.5 Å². The van der Waals surface area contributed by atoms with Gasteiger partial charge in [-0.1, -0.05) is 6.92 Å². The number of hydrogen-bond donors (Lipinski definition) is 2. The monoisotopic (exact) mass is 266 g/mol. The maximum absolute atomic E-state index is 5.81. The molecule has 0 spiro atoms. The highest BCUT2D eigenvalue weighted by molar-refractivity contribution is 5.42. The van der Waals surface area contributed by atoms with Crippen molar-refractivity contribution in [2.24, 2.45) is 11.8 Å². The van der Waals surface area contributed by atoms with E-state index >= 15 is 0 Å². The number of methoxy groups -OCH3 is 2. The normalized spacial score (nSPS) is 24.2. The first kappa shape index (κ1) is 14.1. The Balaban J connectivity index is 2.35. The van der Waals surface area contributed by atoms with Crippen LogP contribution in [0, 0.1) is 5.92 Å². The van der Waals surface area contributed by atoms with Gasteiger partial charge in [0.2, 0.25) is 0 Å². The summed E-state index contributed by atoms with van der Waals surface area (Å²) < 4.78 is 16.5. The Morgan fingerprint density at radius 1 is 1.37 bits per heavy atom. The van der Waals surface area contributed by atoms with Gasteiger partial charge in [0.1, 0.15) is 11.5 Å². The van der Waals surface area contributed by atoms with Gasteiger partial charge in [-0.3, -0.25) is 11.3 Å². The van der Waals surface area contributed by atoms with Crippen LogP contribution in [-0.4, -0.2) is 26.9 Å². The molecule has 3 N–H and O–H groups in total. The molecule has 1 fully saturated rings. The molecule has 106 valence electrons.